The van der Waals surface area contributed by atoms with Crippen molar-refractivity contribution in [2.75, 3.05) is 18.0 Å². The van der Waals surface area contributed by atoms with Gasteiger partial charge in [0.15, 0.2) is 0 Å². The number of anilines is 1. The van der Waals surface area contributed by atoms with Crippen LogP contribution in [0.4, 0.5) is 5.69 Å². The molecule has 0 aromatic heterocycles. The minimum absolute atomic E-state index is 0.107. The Labute approximate surface area is 105 Å². The number of benzene rings is 1. The fourth-order valence-electron chi connectivity index (χ4n) is 2.00. The fourth-order valence-corrected chi connectivity index (χ4v) is 2.41. The number of hydrogen-bond donors (Lipinski definition) is 1. The molecule has 0 heterocycles. The van der Waals surface area contributed by atoms with Gasteiger partial charge in [0, 0.05) is 28.8 Å². The Hall–Kier alpha value is -0.540. The molecule has 2 rings (SSSR count). The maximum atomic E-state index is 9.39. The summed E-state index contributed by atoms with van der Waals surface area (Å²) in [5, 5.41) is 9.39. The third-order valence-electron chi connectivity index (χ3n) is 3.11. The van der Waals surface area contributed by atoms with Crippen molar-refractivity contribution in [3.8, 4) is 0 Å². The molecule has 0 amide bonds. The van der Waals surface area contributed by atoms with Crippen molar-refractivity contribution in [3.63, 3.8) is 0 Å². The first-order chi connectivity index (χ1) is 7.74. The van der Waals surface area contributed by atoms with Gasteiger partial charge in [-0.15, -0.1) is 0 Å². The van der Waals surface area contributed by atoms with Crippen LogP contribution in [0, 0.1) is 5.92 Å². The summed E-state index contributed by atoms with van der Waals surface area (Å²) in [6, 6.07) is 6.15. The maximum absolute atomic E-state index is 9.39. The first kappa shape index (κ1) is 11.9. The third-order valence-corrected chi connectivity index (χ3v) is 3.60. The van der Waals surface area contributed by atoms with E-state index in [1.54, 1.807) is 0 Å². The number of aliphatic hydroxyl groups excluding tert-OH is 1. The summed E-state index contributed by atoms with van der Waals surface area (Å²) in [4.78, 5) is 2.37. The van der Waals surface area contributed by atoms with Crippen molar-refractivity contribution in [1.82, 2.24) is 0 Å². The summed E-state index contributed by atoms with van der Waals surface area (Å²) < 4.78 is 1.03. The first-order valence-electron chi connectivity index (χ1n) is 5.88. The summed E-state index contributed by atoms with van der Waals surface area (Å²) in [5.74, 6) is 0.870. The number of nitrogens with zero attached hydrogens (tertiary/aromatic N) is 1. The van der Waals surface area contributed by atoms with Crippen LogP contribution in [0.1, 0.15) is 25.3 Å². The molecule has 0 radical (unpaired) electrons. The van der Waals surface area contributed by atoms with E-state index < -0.39 is 0 Å². The van der Waals surface area contributed by atoms with Crippen LogP contribution in [0.25, 0.3) is 0 Å². The van der Waals surface area contributed by atoms with Gasteiger partial charge in [-0.3, -0.25) is 0 Å². The molecule has 0 atom stereocenters. The van der Waals surface area contributed by atoms with Gasteiger partial charge in [0.1, 0.15) is 0 Å². The van der Waals surface area contributed by atoms with Gasteiger partial charge in [0.2, 0.25) is 0 Å². The molecule has 0 unspecified atom stereocenters. The van der Waals surface area contributed by atoms with E-state index in [4.69, 9.17) is 0 Å². The molecule has 0 spiro atoms. The van der Waals surface area contributed by atoms with Crippen molar-refractivity contribution >= 4 is 21.6 Å². The normalized spacial score (nSPS) is 15.2. The Kier molecular flexibility index (Phi) is 3.87. The summed E-state index contributed by atoms with van der Waals surface area (Å²) in [5.41, 5.74) is 2.19. The van der Waals surface area contributed by atoms with Crippen LogP contribution in [0.15, 0.2) is 22.7 Å². The average molecular weight is 284 g/mol. The van der Waals surface area contributed by atoms with E-state index in [-0.39, 0.29) is 6.61 Å². The third kappa shape index (κ3) is 2.77. The summed E-state index contributed by atoms with van der Waals surface area (Å²) in [7, 11) is 0. The van der Waals surface area contributed by atoms with Crippen LogP contribution in [0.3, 0.4) is 0 Å². The van der Waals surface area contributed by atoms with Crippen LogP contribution in [0.5, 0.6) is 0 Å². The number of halogens is 1. The Morgan fingerprint density at radius 1 is 1.44 bits per heavy atom. The van der Waals surface area contributed by atoms with Gasteiger partial charge >= 0.3 is 0 Å². The van der Waals surface area contributed by atoms with Gasteiger partial charge in [0.05, 0.1) is 6.61 Å². The second kappa shape index (κ2) is 5.19. The molecule has 3 heteroatoms. The van der Waals surface area contributed by atoms with Crippen molar-refractivity contribution in [2.24, 2.45) is 5.92 Å². The van der Waals surface area contributed by atoms with Crippen molar-refractivity contribution in [3.05, 3.63) is 28.2 Å². The van der Waals surface area contributed by atoms with Gasteiger partial charge in [0.25, 0.3) is 0 Å². The van der Waals surface area contributed by atoms with Gasteiger partial charge < -0.3 is 10.0 Å². The fraction of sp³-hybridized carbons (Fsp3) is 0.538. The highest BCUT2D eigenvalue weighted by atomic mass is 79.9. The van der Waals surface area contributed by atoms with Crippen molar-refractivity contribution < 1.29 is 5.11 Å². The molecule has 1 aliphatic rings. The first-order valence-corrected chi connectivity index (χ1v) is 6.68. The highest BCUT2D eigenvalue weighted by molar-refractivity contribution is 9.10. The lowest BCUT2D eigenvalue weighted by atomic mass is 10.1. The van der Waals surface area contributed by atoms with Crippen LogP contribution in [-0.2, 0) is 6.61 Å². The molecule has 0 saturated heterocycles. The summed E-state index contributed by atoms with van der Waals surface area (Å²) in [6.07, 6.45) is 2.73. The molecule has 1 aliphatic carbocycles. The topological polar surface area (TPSA) is 23.5 Å². The zero-order valence-electron chi connectivity index (χ0n) is 9.62. The molecule has 1 fully saturated rings. The SMILES string of the molecule is CCN(CC1CC1)c1ccc(Br)cc1CO. The summed E-state index contributed by atoms with van der Waals surface area (Å²) >= 11 is 3.44. The van der Waals surface area contributed by atoms with Crippen molar-refractivity contribution in [1.29, 1.82) is 0 Å². The van der Waals surface area contributed by atoms with E-state index in [1.807, 2.05) is 12.1 Å². The Morgan fingerprint density at radius 3 is 2.75 bits per heavy atom. The Bertz CT molecular complexity index is 363. The monoisotopic (exact) mass is 283 g/mol. The van der Waals surface area contributed by atoms with Crippen molar-refractivity contribution in [2.45, 2.75) is 26.4 Å². The van der Waals surface area contributed by atoms with Crippen LogP contribution in [0.2, 0.25) is 0 Å². The predicted molar refractivity (Wildman–Crippen MR) is 70.7 cm³/mol. The number of rotatable bonds is 5. The Morgan fingerprint density at radius 2 is 2.19 bits per heavy atom. The number of hydrogen-bond acceptors (Lipinski definition) is 2. The van der Waals surface area contributed by atoms with Crippen LogP contribution >= 0.6 is 15.9 Å². The molecule has 0 bridgehead atoms. The standard InChI is InChI=1S/C13H18BrNO/c1-2-15(8-10-3-4-10)13-6-5-12(14)7-11(13)9-16/h5-7,10,16H,2-4,8-9H2,1H3. The lowest BCUT2D eigenvalue weighted by Crippen LogP contribution is -2.26. The highest BCUT2D eigenvalue weighted by Gasteiger charge is 2.24. The number of aliphatic hydroxyl groups is 1. The lowest BCUT2D eigenvalue weighted by Gasteiger charge is -2.25. The van der Waals surface area contributed by atoms with E-state index in [0.717, 1.165) is 29.0 Å². The van der Waals surface area contributed by atoms with E-state index in [2.05, 4.69) is 33.8 Å². The minimum Gasteiger partial charge on any atom is -0.392 e. The minimum atomic E-state index is 0.107. The quantitative estimate of drug-likeness (QED) is 0.897. The highest BCUT2D eigenvalue weighted by Crippen LogP contribution is 2.33. The molecule has 1 aromatic carbocycles. The zero-order chi connectivity index (χ0) is 11.5. The van der Waals surface area contributed by atoms with E-state index in [9.17, 15) is 5.11 Å². The van der Waals surface area contributed by atoms with Gasteiger partial charge in [-0.1, -0.05) is 15.9 Å². The van der Waals surface area contributed by atoms with E-state index in [0.29, 0.717) is 0 Å². The molecule has 1 saturated carbocycles. The average Bonchev–Trinajstić information content (AvgIpc) is 3.10. The molecule has 88 valence electrons. The van der Waals surface area contributed by atoms with E-state index >= 15 is 0 Å². The maximum Gasteiger partial charge on any atom is 0.0702 e. The second-order valence-electron chi connectivity index (χ2n) is 4.41. The van der Waals surface area contributed by atoms with Gasteiger partial charge in [-0.25, -0.2) is 0 Å². The zero-order valence-corrected chi connectivity index (χ0v) is 11.2. The molecule has 16 heavy (non-hydrogen) atoms. The smallest absolute Gasteiger partial charge is 0.0702 e. The molecular formula is C13H18BrNO. The van der Waals surface area contributed by atoms with Crippen LogP contribution < -0.4 is 4.90 Å². The molecular weight excluding hydrogens is 266 g/mol. The lowest BCUT2D eigenvalue weighted by molar-refractivity contribution is 0.282. The predicted octanol–water partition coefficient (Wildman–Crippen LogP) is 3.18. The van der Waals surface area contributed by atoms with Gasteiger partial charge in [-0.05, 0) is 43.9 Å². The second-order valence-corrected chi connectivity index (χ2v) is 5.33. The largest absolute Gasteiger partial charge is 0.392 e. The molecule has 1 aromatic rings. The molecule has 0 aliphatic heterocycles. The Balaban J connectivity index is 2.21. The van der Waals surface area contributed by atoms with E-state index in [1.165, 1.54) is 18.5 Å². The molecule has 1 N–H and O–H groups in total. The molecule has 2 nitrogen and oxygen atoms in total. The van der Waals surface area contributed by atoms with Gasteiger partial charge in [-0.2, -0.15) is 0 Å². The summed E-state index contributed by atoms with van der Waals surface area (Å²) in [6.45, 7) is 4.41. The van der Waals surface area contributed by atoms with Crippen LogP contribution in [-0.4, -0.2) is 18.2 Å².